The minimum absolute atomic E-state index is 0.0890. The Morgan fingerprint density at radius 2 is 2.57 bits per heavy atom. The van der Waals surface area contributed by atoms with E-state index in [0.29, 0.717) is 12.2 Å². The van der Waals surface area contributed by atoms with Crippen molar-refractivity contribution in [2.24, 2.45) is 5.73 Å². The Labute approximate surface area is 81.8 Å². The van der Waals surface area contributed by atoms with E-state index in [9.17, 15) is 4.79 Å². The van der Waals surface area contributed by atoms with Gasteiger partial charge in [0.1, 0.15) is 6.26 Å². The zero-order valence-electron chi connectivity index (χ0n) is 7.85. The molecule has 1 atom stereocenters. The van der Waals surface area contributed by atoms with Crippen molar-refractivity contribution in [3.8, 4) is 0 Å². The summed E-state index contributed by atoms with van der Waals surface area (Å²) >= 11 is 0. The molecule has 1 saturated heterocycles. The highest BCUT2D eigenvalue weighted by Gasteiger charge is 2.23. The second kappa shape index (κ2) is 3.79. The average molecular weight is 195 g/mol. The van der Waals surface area contributed by atoms with Gasteiger partial charge < -0.3 is 15.2 Å². The summed E-state index contributed by atoms with van der Waals surface area (Å²) in [4.78, 5) is 13.5. The van der Waals surface area contributed by atoms with Gasteiger partial charge in [-0.15, -0.1) is 0 Å². The summed E-state index contributed by atoms with van der Waals surface area (Å²) < 4.78 is 4.62. The fourth-order valence-electron chi connectivity index (χ4n) is 1.68. The van der Waals surface area contributed by atoms with E-state index in [-0.39, 0.29) is 11.9 Å². The Balaban J connectivity index is 2.04. The summed E-state index contributed by atoms with van der Waals surface area (Å²) in [6.45, 7) is 1.38. The van der Waals surface area contributed by atoms with Gasteiger partial charge in [-0.1, -0.05) is 5.16 Å². The maximum Gasteiger partial charge on any atom is 0.276 e. The molecule has 2 N–H and O–H groups in total. The van der Waals surface area contributed by atoms with E-state index < -0.39 is 0 Å². The number of hydrogen-bond donors (Lipinski definition) is 1. The standard InChI is InChI=1S/C9H13N3O2/c10-7-2-1-4-12(6-7)9(13)8-3-5-14-11-8/h3,5,7H,1-2,4,6,10H2. The van der Waals surface area contributed by atoms with Crippen molar-refractivity contribution in [3.05, 3.63) is 18.0 Å². The van der Waals surface area contributed by atoms with Crippen LogP contribution in [0, 0.1) is 0 Å². The van der Waals surface area contributed by atoms with E-state index in [0.717, 1.165) is 19.4 Å². The number of rotatable bonds is 1. The number of nitrogens with zero attached hydrogens (tertiary/aromatic N) is 2. The molecule has 0 aliphatic carbocycles. The van der Waals surface area contributed by atoms with Gasteiger partial charge in [0.25, 0.3) is 5.91 Å². The van der Waals surface area contributed by atoms with Crippen LogP contribution in [0.3, 0.4) is 0 Å². The van der Waals surface area contributed by atoms with Crippen LogP contribution in [0.1, 0.15) is 23.3 Å². The smallest absolute Gasteiger partial charge is 0.276 e. The summed E-state index contributed by atoms with van der Waals surface area (Å²) in [6, 6.07) is 1.67. The molecule has 1 fully saturated rings. The first kappa shape index (κ1) is 9.21. The molecule has 1 aliphatic heterocycles. The van der Waals surface area contributed by atoms with E-state index in [4.69, 9.17) is 5.73 Å². The Morgan fingerprint density at radius 3 is 3.21 bits per heavy atom. The van der Waals surface area contributed by atoms with Gasteiger partial charge in [-0.2, -0.15) is 0 Å². The molecular formula is C9H13N3O2. The number of likely N-dealkylation sites (tertiary alicyclic amines) is 1. The van der Waals surface area contributed by atoms with Gasteiger partial charge in [-0.3, -0.25) is 4.79 Å². The molecule has 1 unspecified atom stereocenters. The van der Waals surface area contributed by atoms with Crippen LogP contribution < -0.4 is 5.73 Å². The van der Waals surface area contributed by atoms with Crippen molar-refractivity contribution >= 4 is 5.91 Å². The zero-order chi connectivity index (χ0) is 9.97. The maximum atomic E-state index is 11.8. The fourth-order valence-corrected chi connectivity index (χ4v) is 1.68. The molecule has 2 heterocycles. The summed E-state index contributed by atoms with van der Waals surface area (Å²) in [5.74, 6) is -0.0890. The first-order valence-electron chi connectivity index (χ1n) is 4.72. The van der Waals surface area contributed by atoms with Crippen LogP contribution in [0.2, 0.25) is 0 Å². The monoisotopic (exact) mass is 195 g/mol. The van der Waals surface area contributed by atoms with E-state index in [1.807, 2.05) is 0 Å². The minimum atomic E-state index is -0.0890. The van der Waals surface area contributed by atoms with Crippen molar-refractivity contribution in [2.75, 3.05) is 13.1 Å². The lowest BCUT2D eigenvalue weighted by Crippen LogP contribution is -2.45. The average Bonchev–Trinajstić information content (AvgIpc) is 2.69. The Morgan fingerprint density at radius 1 is 1.71 bits per heavy atom. The SMILES string of the molecule is NC1CCCN(C(=O)c2ccon2)C1. The molecule has 5 heteroatoms. The summed E-state index contributed by atoms with van der Waals surface area (Å²) in [5, 5.41) is 3.61. The predicted octanol–water partition coefficient (Wildman–Crippen LogP) is 0.238. The number of amides is 1. The van der Waals surface area contributed by atoms with Crippen LogP contribution in [0.15, 0.2) is 16.9 Å². The molecule has 14 heavy (non-hydrogen) atoms. The van der Waals surface area contributed by atoms with Gasteiger partial charge in [0.05, 0.1) is 0 Å². The number of nitrogens with two attached hydrogens (primary N) is 1. The number of carbonyl (C=O) groups is 1. The Hall–Kier alpha value is -1.36. The van der Waals surface area contributed by atoms with Gasteiger partial charge in [0.2, 0.25) is 0 Å². The van der Waals surface area contributed by atoms with Crippen molar-refractivity contribution in [1.82, 2.24) is 10.1 Å². The lowest BCUT2D eigenvalue weighted by atomic mass is 10.1. The van der Waals surface area contributed by atoms with Gasteiger partial charge >= 0.3 is 0 Å². The van der Waals surface area contributed by atoms with Crippen LogP contribution in [-0.2, 0) is 0 Å². The van der Waals surface area contributed by atoms with Crippen molar-refractivity contribution in [1.29, 1.82) is 0 Å². The number of hydrogen-bond acceptors (Lipinski definition) is 4. The fraction of sp³-hybridized carbons (Fsp3) is 0.556. The van der Waals surface area contributed by atoms with Gasteiger partial charge in [0, 0.05) is 25.2 Å². The highest BCUT2D eigenvalue weighted by Crippen LogP contribution is 2.11. The molecular weight excluding hydrogens is 182 g/mol. The van der Waals surface area contributed by atoms with Crippen LogP contribution in [0.5, 0.6) is 0 Å². The van der Waals surface area contributed by atoms with E-state index in [2.05, 4.69) is 9.68 Å². The molecule has 0 aromatic carbocycles. The summed E-state index contributed by atoms with van der Waals surface area (Å²) in [7, 11) is 0. The Bertz CT molecular complexity index is 310. The molecule has 0 radical (unpaired) electrons. The lowest BCUT2D eigenvalue weighted by molar-refractivity contribution is 0.0698. The van der Waals surface area contributed by atoms with Crippen molar-refractivity contribution in [3.63, 3.8) is 0 Å². The molecule has 76 valence electrons. The summed E-state index contributed by atoms with van der Waals surface area (Å²) in [5.41, 5.74) is 6.14. The lowest BCUT2D eigenvalue weighted by Gasteiger charge is -2.29. The largest absolute Gasteiger partial charge is 0.364 e. The predicted molar refractivity (Wildman–Crippen MR) is 49.6 cm³/mol. The third kappa shape index (κ3) is 1.77. The molecule has 1 aliphatic rings. The third-order valence-corrected chi connectivity index (χ3v) is 2.40. The van der Waals surface area contributed by atoms with Gasteiger partial charge in [-0.25, -0.2) is 0 Å². The van der Waals surface area contributed by atoms with Crippen LogP contribution in [0.25, 0.3) is 0 Å². The topological polar surface area (TPSA) is 72.4 Å². The van der Waals surface area contributed by atoms with E-state index >= 15 is 0 Å². The summed E-state index contributed by atoms with van der Waals surface area (Å²) in [6.07, 6.45) is 3.35. The first-order valence-corrected chi connectivity index (χ1v) is 4.72. The van der Waals surface area contributed by atoms with Crippen LogP contribution in [0.4, 0.5) is 0 Å². The molecule has 1 aromatic rings. The van der Waals surface area contributed by atoms with Crippen LogP contribution >= 0.6 is 0 Å². The number of aromatic nitrogens is 1. The molecule has 5 nitrogen and oxygen atoms in total. The van der Waals surface area contributed by atoms with E-state index in [1.54, 1.807) is 11.0 Å². The minimum Gasteiger partial charge on any atom is -0.364 e. The second-order valence-corrected chi connectivity index (χ2v) is 3.54. The van der Waals surface area contributed by atoms with Crippen molar-refractivity contribution in [2.45, 2.75) is 18.9 Å². The van der Waals surface area contributed by atoms with Gasteiger partial charge in [0.15, 0.2) is 5.69 Å². The van der Waals surface area contributed by atoms with Crippen molar-refractivity contribution < 1.29 is 9.32 Å². The molecule has 0 spiro atoms. The second-order valence-electron chi connectivity index (χ2n) is 3.54. The van der Waals surface area contributed by atoms with Crippen LogP contribution in [-0.4, -0.2) is 35.1 Å². The van der Waals surface area contributed by atoms with Gasteiger partial charge in [-0.05, 0) is 12.8 Å². The highest BCUT2D eigenvalue weighted by atomic mass is 16.5. The quantitative estimate of drug-likeness (QED) is 0.696. The first-order chi connectivity index (χ1) is 6.77. The number of carbonyl (C=O) groups excluding carboxylic acids is 1. The molecule has 1 aromatic heterocycles. The maximum absolute atomic E-state index is 11.8. The Kier molecular flexibility index (Phi) is 2.49. The zero-order valence-corrected chi connectivity index (χ0v) is 7.85. The molecule has 0 saturated carbocycles. The van der Waals surface area contributed by atoms with E-state index in [1.165, 1.54) is 6.26 Å². The highest BCUT2D eigenvalue weighted by molar-refractivity contribution is 5.92. The number of piperidine rings is 1. The molecule has 2 rings (SSSR count). The normalized spacial score (nSPS) is 22.4. The molecule has 1 amide bonds. The molecule has 0 bridgehead atoms. The third-order valence-electron chi connectivity index (χ3n) is 2.40.